The van der Waals surface area contributed by atoms with Gasteiger partial charge in [-0.3, -0.25) is 14.9 Å². The fourth-order valence-electron chi connectivity index (χ4n) is 1.54. The van der Waals surface area contributed by atoms with E-state index in [0.29, 0.717) is 5.56 Å². The Labute approximate surface area is 109 Å². The van der Waals surface area contributed by atoms with Crippen LogP contribution in [0.2, 0.25) is 0 Å². The van der Waals surface area contributed by atoms with Gasteiger partial charge in [-0.15, -0.1) is 0 Å². The standard InChI is InChI=1S/C12H14N2O5/c1-4-10(15)13-11-7(2)5-8(12(16)19-3)6-9(11)14(17)18/h5-6H,4H2,1-3H3,(H,13,15). The maximum absolute atomic E-state index is 11.4. The maximum atomic E-state index is 11.4. The van der Waals surface area contributed by atoms with Gasteiger partial charge in [0.1, 0.15) is 5.69 Å². The topological polar surface area (TPSA) is 98.5 Å². The van der Waals surface area contributed by atoms with Crippen molar-refractivity contribution in [3.63, 3.8) is 0 Å². The van der Waals surface area contributed by atoms with Gasteiger partial charge in [0, 0.05) is 12.5 Å². The summed E-state index contributed by atoms with van der Waals surface area (Å²) in [4.78, 5) is 33.1. The highest BCUT2D eigenvalue weighted by molar-refractivity contribution is 5.97. The van der Waals surface area contributed by atoms with Crippen LogP contribution in [-0.2, 0) is 9.53 Å². The van der Waals surface area contributed by atoms with E-state index >= 15 is 0 Å². The highest BCUT2D eigenvalue weighted by atomic mass is 16.6. The Kier molecular flexibility index (Phi) is 4.57. The fourth-order valence-corrected chi connectivity index (χ4v) is 1.54. The second-order valence-corrected chi connectivity index (χ2v) is 3.84. The molecule has 0 saturated heterocycles. The summed E-state index contributed by atoms with van der Waals surface area (Å²) in [7, 11) is 1.19. The lowest BCUT2D eigenvalue weighted by molar-refractivity contribution is -0.384. The zero-order chi connectivity index (χ0) is 14.6. The molecule has 1 aromatic carbocycles. The smallest absolute Gasteiger partial charge is 0.338 e. The molecule has 0 saturated carbocycles. The van der Waals surface area contributed by atoms with Crippen molar-refractivity contribution in [3.05, 3.63) is 33.4 Å². The van der Waals surface area contributed by atoms with E-state index in [1.807, 2.05) is 0 Å². The molecule has 102 valence electrons. The lowest BCUT2D eigenvalue weighted by Crippen LogP contribution is -2.13. The normalized spacial score (nSPS) is 9.84. The van der Waals surface area contributed by atoms with Gasteiger partial charge in [0.05, 0.1) is 17.6 Å². The van der Waals surface area contributed by atoms with Crippen molar-refractivity contribution in [2.75, 3.05) is 12.4 Å². The van der Waals surface area contributed by atoms with Gasteiger partial charge in [0.15, 0.2) is 0 Å². The lowest BCUT2D eigenvalue weighted by Gasteiger charge is -2.10. The number of methoxy groups -OCH3 is 1. The lowest BCUT2D eigenvalue weighted by atomic mass is 10.1. The molecule has 7 nitrogen and oxygen atoms in total. The Hall–Kier alpha value is -2.44. The highest BCUT2D eigenvalue weighted by Gasteiger charge is 2.21. The number of ether oxygens (including phenoxy) is 1. The third-order valence-electron chi connectivity index (χ3n) is 2.52. The predicted octanol–water partition coefficient (Wildman–Crippen LogP) is 2.04. The number of amides is 1. The van der Waals surface area contributed by atoms with E-state index < -0.39 is 10.9 Å². The first-order chi connectivity index (χ1) is 8.90. The molecule has 0 aliphatic heterocycles. The molecule has 1 N–H and O–H groups in total. The van der Waals surface area contributed by atoms with Crippen LogP contribution in [0.5, 0.6) is 0 Å². The molecule has 0 heterocycles. The summed E-state index contributed by atoms with van der Waals surface area (Å²) < 4.78 is 4.52. The average Bonchev–Trinajstić information content (AvgIpc) is 2.39. The van der Waals surface area contributed by atoms with E-state index in [-0.39, 0.29) is 29.3 Å². The van der Waals surface area contributed by atoms with Crippen LogP contribution in [0.15, 0.2) is 12.1 Å². The number of benzene rings is 1. The third kappa shape index (κ3) is 3.27. The van der Waals surface area contributed by atoms with Crippen LogP contribution in [-0.4, -0.2) is 23.9 Å². The number of anilines is 1. The minimum absolute atomic E-state index is 0.0706. The summed E-state index contributed by atoms with van der Waals surface area (Å²) in [5, 5.41) is 13.5. The van der Waals surface area contributed by atoms with Crippen LogP contribution in [0.4, 0.5) is 11.4 Å². The zero-order valence-corrected chi connectivity index (χ0v) is 10.9. The number of hydrogen-bond donors (Lipinski definition) is 1. The minimum Gasteiger partial charge on any atom is -0.465 e. The first-order valence-corrected chi connectivity index (χ1v) is 5.57. The van der Waals surface area contributed by atoms with Crippen LogP contribution in [0.25, 0.3) is 0 Å². The van der Waals surface area contributed by atoms with Gasteiger partial charge in [-0.1, -0.05) is 6.92 Å². The molecule has 7 heteroatoms. The summed E-state index contributed by atoms with van der Waals surface area (Å²) in [5.41, 5.74) is 0.268. The molecule has 0 bridgehead atoms. The van der Waals surface area contributed by atoms with Crippen molar-refractivity contribution < 1.29 is 19.2 Å². The second-order valence-electron chi connectivity index (χ2n) is 3.84. The Morgan fingerprint density at radius 3 is 2.53 bits per heavy atom. The molecule has 0 radical (unpaired) electrons. The van der Waals surface area contributed by atoms with Crippen LogP contribution < -0.4 is 5.32 Å². The Morgan fingerprint density at radius 2 is 2.05 bits per heavy atom. The zero-order valence-electron chi connectivity index (χ0n) is 10.9. The molecule has 1 aromatic rings. The van der Waals surface area contributed by atoms with Crippen LogP contribution in [0.3, 0.4) is 0 Å². The summed E-state index contributed by atoms with van der Waals surface area (Å²) in [6.45, 7) is 3.21. The highest BCUT2D eigenvalue weighted by Crippen LogP contribution is 2.30. The van der Waals surface area contributed by atoms with Crippen molar-refractivity contribution in [2.24, 2.45) is 0 Å². The number of rotatable bonds is 4. The number of hydrogen-bond acceptors (Lipinski definition) is 5. The number of esters is 1. The van der Waals surface area contributed by atoms with E-state index in [2.05, 4.69) is 10.1 Å². The fraction of sp³-hybridized carbons (Fsp3) is 0.333. The van der Waals surface area contributed by atoms with Crippen molar-refractivity contribution in [2.45, 2.75) is 20.3 Å². The molecule has 0 aliphatic rings. The largest absolute Gasteiger partial charge is 0.465 e. The summed E-state index contributed by atoms with van der Waals surface area (Å²) in [5.74, 6) is -1.00. The van der Waals surface area contributed by atoms with E-state index in [9.17, 15) is 19.7 Å². The molecular weight excluding hydrogens is 252 g/mol. The van der Waals surface area contributed by atoms with E-state index in [0.717, 1.165) is 6.07 Å². The average molecular weight is 266 g/mol. The van der Waals surface area contributed by atoms with Gasteiger partial charge < -0.3 is 10.1 Å². The minimum atomic E-state index is -0.667. The van der Waals surface area contributed by atoms with Crippen LogP contribution in [0.1, 0.15) is 29.3 Å². The van der Waals surface area contributed by atoms with Gasteiger partial charge >= 0.3 is 5.97 Å². The van der Waals surface area contributed by atoms with Crippen molar-refractivity contribution >= 4 is 23.3 Å². The van der Waals surface area contributed by atoms with Crippen molar-refractivity contribution in [1.82, 2.24) is 0 Å². The summed E-state index contributed by atoms with van der Waals surface area (Å²) >= 11 is 0. The monoisotopic (exact) mass is 266 g/mol. The molecule has 0 unspecified atom stereocenters. The molecule has 19 heavy (non-hydrogen) atoms. The van der Waals surface area contributed by atoms with Gasteiger partial charge in [0.2, 0.25) is 5.91 Å². The Bertz CT molecular complexity index is 539. The van der Waals surface area contributed by atoms with Gasteiger partial charge in [0.25, 0.3) is 5.69 Å². The molecule has 1 rings (SSSR count). The second kappa shape index (κ2) is 5.94. The van der Waals surface area contributed by atoms with E-state index in [1.54, 1.807) is 13.8 Å². The quantitative estimate of drug-likeness (QED) is 0.510. The predicted molar refractivity (Wildman–Crippen MR) is 68.1 cm³/mol. The number of nitrogens with zero attached hydrogens (tertiary/aromatic N) is 1. The first kappa shape index (κ1) is 14.6. The number of aryl methyl sites for hydroxylation is 1. The molecule has 0 atom stereocenters. The number of nitro benzene ring substituents is 1. The van der Waals surface area contributed by atoms with E-state index in [1.165, 1.54) is 13.2 Å². The van der Waals surface area contributed by atoms with Gasteiger partial charge in [-0.2, -0.15) is 0 Å². The van der Waals surface area contributed by atoms with E-state index in [4.69, 9.17) is 0 Å². The number of carbonyl (C=O) groups excluding carboxylic acids is 2. The van der Waals surface area contributed by atoms with Gasteiger partial charge in [-0.25, -0.2) is 4.79 Å². The van der Waals surface area contributed by atoms with Crippen LogP contribution >= 0.6 is 0 Å². The maximum Gasteiger partial charge on any atom is 0.338 e. The molecule has 0 aromatic heterocycles. The number of nitro groups is 1. The molecule has 0 fully saturated rings. The molecule has 0 aliphatic carbocycles. The summed E-state index contributed by atoms with van der Waals surface area (Å²) in [6.07, 6.45) is 0.204. The first-order valence-electron chi connectivity index (χ1n) is 5.57. The molecular formula is C12H14N2O5. The SMILES string of the molecule is CCC(=O)Nc1c(C)cc(C(=O)OC)cc1[N+](=O)[O-]. The Balaban J connectivity index is 3.35. The molecule has 0 spiro atoms. The Morgan fingerprint density at radius 1 is 1.42 bits per heavy atom. The third-order valence-corrected chi connectivity index (χ3v) is 2.52. The summed E-state index contributed by atoms with van der Waals surface area (Å²) in [6, 6.07) is 2.52. The van der Waals surface area contributed by atoms with Crippen molar-refractivity contribution in [1.29, 1.82) is 0 Å². The van der Waals surface area contributed by atoms with Crippen molar-refractivity contribution in [3.8, 4) is 0 Å². The number of carbonyl (C=O) groups is 2. The van der Waals surface area contributed by atoms with Gasteiger partial charge in [-0.05, 0) is 18.6 Å². The molecule has 1 amide bonds. The van der Waals surface area contributed by atoms with Crippen LogP contribution in [0, 0.1) is 17.0 Å². The number of nitrogens with one attached hydrogen (secondary N) is 1.